The molecule has 0 fully saturated rings. The summed E-state index contributed by atoms with van der Waals surface area (Å²) < 4.78 is 30.9. The highest BCUT2D eigenvalue weighted by molar-refractivity contribution is 7.91. The molecule has 7 heteroatoms. The van der Waals surface area contributed by atoms with Gasteiger partial charge in [0.05, 0.1) is 15.2 Å². The second kappa shape index (κ2) is 14.4. The van der Waals surface area contributed by atoms with Crippen LogP contribution in [0, 0.1) is 0 Å². The van der Waals surface area contributed by atoms with E-state index in [0.29, 0.717) is 32.8 Å². The Balaban J connectivity index is 1.13. The molecule has 8 aromatic carbocycles. The summed E-state index contributed by atoms with van der Waals surface area (Å²) in [5.74, 6) is 1.59. The molecular formula is C60H40N4O2S. The van der Waals surface area contributed by atoms with Gasteiger partial charge in [0.15, 0.2) is 17.5 Å². The predicted octanol–water partition coefficient (Wildman–Crippen LogP) is 13.4. The number of rotatable bonds is 4. The molecule has 1 aliphatic heterocycles. The van der Waals surface area contributed by atoms with Crippen molar-refractivity contribution in [2.24, 2.45) is 0 Å². The van der Waals surface area contributed by atoms with Crippen LogP contribution < -0.4 is 0 Å². The lowest BCUT2D eigenvalue weighted by Gasteiger charge is -2.43. The van der Waals surface area contributed by atoms with Gasteiger partial charge in [0.2, 0.25) is 9.84 Å². The fourth-order valence-electron chi connectivity index (χ4n) is 11.2. The van der Waals surface area contributed by atoms with Crippen molar-refractivity contribution < 1.29 is 8.42 Å². The van der Waals surface area contributed by atoms with E-state index in [4.69, 9.17) is 15.0 Å². The molecule has 1 unspecified atom stereocenters. The quantitative estimate of drug-likeness (QED) is 0.175. The Hall–Kier alpha value is -8.13. The van der Waals surface area contributed by atoms with E-state index in [1.165, 1.54) is 5.56 Å². The number of pyridine rings is 1. The molecule has 1 atom stereocenters. The van der Waals surface area contributed by atoms with E-state index < -0.39 is 20.7 Å². The Morgan fingerprint density at radius 3 is 1.57 bits per heavy atom. The first-order valence-electron chi connectivity index (χ1n) is 22.5. The molecule has 2 aliphatic carbocycles. The van der Waals surface area contributed by atoms with E-state index >= 15 is 8.42 Å². The number of aromatic nitrogens is 4. The molecule has 67 heavy (non-hydrogen) atoms. The summed E-state index contributed by atoms with van der Waals surface area (Å²) in [6.45, 7) is 4.40. The zero-order valence-electron chi connectivity index (χ0n) is 36.6. The Morgan fingerprint density at radius 2 is 0.881 bits per heavy atom. The van der Waals surface area contributed by atoms with Crippen molar-refractivity contribution in [2.45, 2.75) is 34.5 Å². The van der Waals surface area contributed by atoms with Crippen LogP contribution in [0.25, 0.3) is 78.7 Å². The second-order valence-corrected chi connectivity index (χ2v) is 20.0. The zero-order valence-corrected chi connectivity index (χ0v) is 37.5. The van der Waals surface area contributed by atoms with Gasteiger partial charge in [-0.1, -0.05) is 178 Å². The van der Waals surface area contributed by atoms with Crippen molar-refractivity contribution in [1.82, 2.24) is 19.9 Å². The molecule has 0 saturated heterocycles. The van der Waals surface area contributed by atoms with E-state index in [1.807, 2.05) is 85.1 Å². The van der Waals surface area contributed by atoms with Crippen molar-refractivity contribution in [2.75, 3.05) is 0 Å². The molecule has 0 amide bonds. The molecular weight excluding hydrogens is 841 g/mol. The smallest absolute Gasteiger partial charge is 0.207 e. The maximum absolute atomic E-state index is 15.4. The number of fused-ring (bicyclic) bond motifs is 14. The standard InChI is InChI=1S/C60H40N4O2S/c1-59(2)48-22-10-8-21-45(48)47-34-53-55(35-51(47)59)67(65,66)54-25-13-12-24-50(54)60(53)49-23-11-9-20-44(49)42-18-6-7-19-43(42)46-31-30-40(33-52(46)60)58-63-56(38-15-4-3-5-16-38)62-57(64-58)39-28-26-37(27-29-39)41-17-14-32-61-36-41/h3-36H,1-2H3. The Kier molecular flexibility index (Phi) is 8.46. The van der Waals surface area contributed by atoms with Crippen molar-refractivity contribution in [3.63, 3.8) is 0 Å². The lowest BCUT2D eigenvalue weighted by molar-refractivity contribution is 0.577. The van der Waals surface area contributed by atoms with Crippen LogP contribution in [-0.2, 0) is 20.7 Å². The molecule has 6 nitrogen and oxygen atoms in total. The van der Waals surface area contributed by atoms with E-state index in [2.05, 4.69) is 128 Å². The molecule has 0 N–H and O–H groups in total. The number of hydrogen-bond donors (Lipinski definition) is 0. The summed E-state index contributed by atoms with van der Waals surface area (Å²) >= 11 is 0. The molecule has 0 bridgehead atoms. The number of sulfone groups is 1. The van der Waals surface area contributed by atoms with Crippen molar-refractivity contribution >= 4 is 9.84 Å². The van der Waals surface area contributed by atoms with Gasteiger partial charge in [0.25, 0.3) is 0 Å². The summed E-state index contributed by atoms with van der Waals surface area (Å²) in [5.41, 5.74) is 14.9. The Morgan fingerprint density at radius 1 is 0.358 bits per heavy atom. The number of nitrogens with zero attached hydrogens (tertiary/aromatic N) is 4. The van der Waals surface area contributed by atoms with Gasteiger partial charge in [0, 0.05) is 34.5 Å². The minimum Gasteiger partial charge on any atom is -0.264 e. The van der Waals surface area contributed by atoms with Crippen LogP contribution in [0.2, 0.25) is 0 Å². The van der Waals surface area contributed by atoms with Gasteiger partial charge in [-0.2, -0.15) is 0 Å². The normalized spacial score (nSPS) is 16.3. The largest absolute Gasteiger partial charge is 0.264 e. The SMILES string of the molecule is CC1(C)c2ccccc2-c2cc3c(cc21)S(=O)(=O)c1ccccc1C31c2ccccc2-c2ccccc2-c2ccc(-c3nc(-c4ccccc4)nc(-c4ccc(-c5cccnc5)cc4)n3)cc21. The first-order chi connectivity index (χ1) is 32.7. The molecule has 318 valence electrons. The van der Waals surface area contributed by atoms with Gasteiger partial charge < -0.3 is 0 Å². The first-order valence-corrected chi connectivity index (χ1v) is 24.0. The monoisotopic (exact) mass is 880 g/mol. The van der Waals surface area contributed by atoms with Gasteiger partial charge in [-0.25, -0.2) is 23.4 Å². The highest BCUT2D eigenvalue weighted by Crippen LogP contribution is 2.62. The van der Waals surface area contributed by atoms with E-state index in [1.54, 1.807) is 12.3 Å². The lowest BCUT2D eigenvalue weighted by Crippen LogP contribution is -2.38. The third kappa shape index (κ3) is 5.65. The maximum atomic E-state index is 15.4. The zero-order chi connectivity index (χ0) is 45.1. The topological polar surface area (TPSA) is 85.7 Å². The average molecular weight is 881 g/mol. The molecule has 0 radical (unpaired) electrons. The van der Waals surface area contributed by atoms with Gasteiger partial charge in [-0.15, -0.1) is 0 Å². The van der Waals surface area contributed by atoms with Crippen LogP contribution in [0.3, 0.4) is 0 Å². The highest BCUT2D eigenvalue weighted by atomic mass is 32.2. The van der Waals surface area contributed by atoms with Crippen molar-refractivity contribution in [3.05, 3.63) is 240 Å². The summed E-state index contributed by atoms with van der Waals surface area (Å²) in [4.78, 5) is 20.5. The summed E-state index contributed by atoms with van der Waals surface area (Å²) in [6.07, 6.45) is 3.63. The fourth-order valence-corrected chi connectivity index (χ4v) is 12.9. The summed E-state index contributed by atoms with van der Waals surface area (Å²) in [5, 5.41) is 0. The van der Waals surface area contributed by atoms with Gasteiger partial charge >= 0.3 is 0 Å². The molecule has 3 aliphatic rings. The Bertz CT molecular complexity index is 3790. The van der Waals surface area contributed by atoms with Crippen LogP contribution in [0.1, 0.15) is 47.2 Å². The van der Waals surface area contributed by atoms with E-state index in [9.17, 15) is 0 Å². The highest BCUT2D eigenvalue weighted by Gasteiger charge is 2.53. The van der Waals surface area contributed by atoms with Crippen molar-refractivity contribution in [1.29, 1.82) is 0 Å². The molecule has 3 heterocycles. The van der Waals surface area contributed by atoms with Crippen molar-refractivity contribution in [3.8, 4) is 78.7 Å². The van der Waals surface area contributed by atoms with E-state index in [-0.39, 0.29) is 0 Å². The number of hydrogen-bond acceptors (Lipinski definition) is 6. The molecule has 13 rings (SSSR count). The first kappa shape index (κ1) is 39.3. The number of benzene rings is 8. The molecule has 0 saturated carbocycles. The van der Waals surface area contributed by atoms with Gasteiger partial charge in [0.1, 0.15) is 0 Å². The van der Waals surface area contributed by atoms with Gasteiger partial charge in [-0.05, 0) is 108 Å². The van der Waals surface area contributed by atoms with Crippen LogP contribution in [0.15, 0.2) is 216 Å². The van der Waals surface area contributed by atoms with Crippen LogP contribution in [0.4, 0.5) is 0 Å². The third-order valence-electron chi connectivity index (χ3n) is 14.3. The van der Waals surface area contributed by atoms with Crippen LogP contribution >= 0.6 is 0 Å². The van der Waals surface area contributed by atoms with Crippen LogP contribution in [-0.4, -0.2) is 28.4 Å². The van der Waals surface area contributed by atoms with Crippen LogP contribution in [0.5, 0.6) is 0 Å². The molecule has 2 aromatic heterocycles. The minimum absolute atomic E-state index is 0.302. The maximum Gasteiger partial charge on any atom is 0.207 e. The Labute approximate surface area is 389 Å². The molecule has 1 spiro atoms. The fraction of sp³-hybridized carbons (Fsp3) is 0.0667. The predicted molar refractivity (Wildman–Crippen MR) is 265 cm³/mol. The summed E-state index contributed by atoms with van der Waals surface area (Å²) in [7, 11) is -4.01. The lowest BCUT2D eigenvalue weighted by atomic mass is 9.62. The summed E-state index contributed by atoms with van der Waals surface area (Å²) in [6, 6.07) is 66.1. The second-order valence-electron chi connectivity index (χ2n) is 18.2. The minimum atomic E-state index is -4.01. The molecule has 10 aromatic rings. The van der Waals surface area contributed by atoms with Gasteiger partial charge in [-0.3, -0.25) is 4.98 Å². The van der Waals surface area contributed by atoms with E-state index in [0.717, 1.165) is 83.5 Å². The third-order valence-corrected chi connectivity index (χ3v) is 16.1. The average Bonchev–Trinajstić information content (AvgIpc) is 3.54.